The van der Waals surface area contributed by atoms with E-state index in [4.69, 9.17) is 0 Å². The Bertz CT molecular complexity index is 1270. The van der Waals surface area contributed by atoms with E-state index in [-0.39, 0.29) is 0 Å². The van der Waals surface area contributed by atoms with Crippen LogP contribution in [-0.4, -0.2) is 0 Å². The van der Waals surface area contributed by atoms with Gasteiger partial charge in [0.1, 0.15) is 0 Å². The predicted octanol–water partition coefficient (Wildman–Crippen LogP) is 7.65. The van der Waals surface area contributed by atoms with Crippen LogP contribution in [0.4, 0.5) is 17.1 Å². The van der Waals surface area contributed by atoms with Gasteiger partial charge in [-0.3, -0.25) is 0 Å². The number of fused-ring (bicyclic) bond motifs is 3. The van der Waals surface area contributed by atoms with Gasteiger partial charge in [0.05, 0.1) is 11.4 Å². The number of para-hydroxylation sites is 1. The fourth-order valence-corrected chi connectivity index (χ4v) is 5.61. The maximum Gasteiger partial charge on any atom is 0.0610 e. The number of aryl methyl sites for hydroxylation is 1. The number of hydrogen-bond acceptors (Lipinski definition) is 2. The van der Waals surface area contributed by atoms with Crippen molar-refractivity contribution in [2.45, 2.75) is 23.1 Å². The van der Waals surface area contributed by atoms with Gasteiger partial charge in [0.15, 0.2) is 0 Å². The molecule has 4 aromatic carbocycles. The molecule has 0 atom stereocenters. The molecule has 2 heteroatoms. The molecule has 0 bridgehead atoms. The van der Waals surface area contributed by atoms with Crippen LogP contribution in [0.3, 0.4) is 0 Å². The number of anilines is 3. The first-order valence-corrected chi connectivity index (χ1v) is 10.5. The van der Waals surface area contributed by atoms with Crippen LogP contribution < -0.4 is 4.90 Å². The molecule has 2 aliphatic rings. The van der Waals surface area contributed by atoms with Crippen LogP contribution in [0.1, 0.15) is 16.7 Å². The van der Waals surface area contributed by atoms with Gasteiger partial charge in [-0.15, -0.1) is 0 Å². The third kappa shape index (κ3) is 2.28. The molecule has 1 aliphatic carbocycles. The summed E-state index contributed by atoms with van der Waals surface area (Å²) in [6.45, 7) is 2.17. The van der Waals surface area contributed by atoms with Gasteiger partial charge in [0.2, 0.25) is 0 Å². The van der Waals surface area contributed by atoms with Crippen LogP contribution in [0.5, 0.6) is 0 Å². The standard InChI is InChI=1S/C26H19NS/c1-17-13-14-24-22(15-17)27(20-10-3-2-4-11-20)23-16-19-9-5-7-18-8-6-12-21(25(18)19)26(23)28-24/h2-11,13-16H,12H2,1H3. The molecule has 0 unspecified atom stereocenters. The predicted molar refractivity (Wildman–Crippen MR) is 120 cm³/mol. The Balaban J connectivity index is 1.71. The molecule has 1 nitrogen and oxygen atoms in total. The minimum atomic E-state index is 0.994. The van der Waals surface area contributed by atoms with Crippen LogP contribution in [0.2, 0.25) is 0 Å². The van der Waals surface area contributed by atoms with Crippen molar-refractivity contribution < 1.29 is 0 Å². The van der Waals surface area contributed by atoms with Crippen molar-refractivity contribution in [1.82, 2.24) is 0 Å². The molecule has 0 radical (unpaired) electrons. The maximum absolute atomic E-state index is 2.44. The molecule has 0 aromatic heterocycles. The lowest BCUT2D eigenvalue weighted by molar-refractivity contribution is 1.12. The van der Waals surface area contributed by atoms with Crippen molar-refractivity contribution in [2.75, 3.05) is 4.90 Å². The third-order valence-corrected chi connectivity index (χ3v) is 6.90. The van der Waals surface area contributed by atoms with E-state index in [1.165, 1.54) is 54.3 Å². The highest BCUT2D eigenvalue weighted by atomic mass is 32.2. The summed E-state index contributed by atoms with van der Waals surface area (Å²) in [7, 11) is 0. The highest BCUT2D eigenvalue weighted by molar-refractivity contribution is 7.99. The number of allylic oxidation sites excluding steroid dienone is 1. The minimum absolute atomic E-state index is 0.994. The molecule has 4 aromatic rings. The van der Waals surface area contributed by atoms with Gasteiger partial charge in [-0.1, -0.05) is 66.4 Å². The van der Waals surface area contributed by atoms with Crippen molar-refractivity contribution in [1.29, 1.82) is 0 Å². The molecular weight excluding hydrogens is 358 g/mol. The van der Waals surface area contributed by atoms with Crippen LogP contribution >= 0.6 is 11.8 Å². The molecule has 1 heterocycles. The molecule has 0 N–H and O–H groups in total. The first-order valence-electron chi connectivity index (χ1n) is 9.68. The van der Waals surface area contributed by atoms with Gasteiger partial charge in [0.25, 0.3) is 0 Å². The van der Waals surface area contributed by atoms with Gasteiger partial charge in [-0.05, 0) is 71.1 Å². The van der Waals surface area contributed by atoms with Crippen LogP contribution in [0.25, 0.3) is 16.8 Å². The first kappa shape index (κ1) is 16.0. The fourth-order valence-electron chi connectivity index (χ4n) is 4.44. The molecule has 134 valence electrons. The maximum atomic E-state index is 2.44. The zero-order valence-electron chi connectivity index (χ0n) is 15.6. The minimum Gasteiger partial charge on any atom is -0.308 e. The molecular formula is C26H19NS. The lowest BCUT2D eigenvalue weighted by Crippen LogP contribution is -2.16. The van der Waals surface area contributed by atoms with Gasteiger partial charge in [0, 0.05) is 15.5 Å². The molecule has 28 heavy (non-hydrogen) atoms. The summed E-state index contributed by atoms with van der Waals surface area (Å²) in [6.07, 6.45) is 5.56. The number of rotatable bonds is 1. The molecule has 0 saturated heterocycles. The molecule has 0 spiro atoms. The highest BCUT2D eigenvalue weighted by Gasteiger charge is 2.28. The van der Waals surface area contributed by atoms with E-state index >= 15 is 0 Å². The quantitative estimate of drug-likeness (QED) is 0.295. The summed E-state index contributed by atoms with van der Waals surface area (Å²) in [6, 6.07) is 26.6. The van der Waals surface area contributed by atoms with Crippen LogP contribution in [0, 0.1) is 6.92 Å². The number of nitrogens with zero attached hydrogens (tertiary/aromatic N) is 1. The molecule has 1 aliphatic heterocycles. The van der Waals surface area contributed by atoms with Gasteiger partial charge in [-0.25, -0.2) is 0 Å². The van der Waals surface area contributed by atoms with E-state index in [0.29, 0.717) is 0 Å². The average Bonchev–Trinajstić information content (AvgIpc) is 2.73. The molecule has 0 saturated carbocycles. The SMILES string of the molecule is Cc1ccc2c(c1)N(c1ccccc1)c1cc3cccc4c3c(c1S2)CC=C4. The fraction of sp³-hybridized carbons (Fsp3) is 0.0769. The van der Waals surface area contributed by atoms with Crippen LogP contribution in [-0.2, 0) is 6.42 Å². The van der Waals surface area contributed by atoms with Crippen molar-refractivity contribution in [3.63, 3.8) is 0 Å². The van der Waals surface area contributed by atoms with Crippen molar-refractivity contribution >= 4 is 45.7 Å². The van der Waals surface area contributed by atoms with Gasteiger partial charge in [-0.2, -0.15) is 0 Å². The van der Waals surface area contributed by atoms with E-state index in [1.807, 2.05) is 11.8 Å². The summed E-state index contributed by atoms with van der Waals surface area (Å²) in [5, 5.41) is 2.74. The summed E-state index contributed by atoms with van der Waals surface area (Å²) in [4.78, 5) is 5.16. The second kappa shape index (κ2) is 6.02. The average molecular weight is 378 g/mol. The Hall–Kier alpha value is -2.97. The van der Waals surface area contributed by atoms with E-state index < -0.39 is 0 Å². The third-order valence-electron chi connectivity index (χ3n) is 5.67. The summed E-state index contributed by atoms with van der Waals surface area (Å²) in [5.41, 5.74) is 7.87. The van der Waals surface area contributed by atoms with E-state index in [2.05, 4.69) is 96.8 Å². The Morgan fingerprint density at radius 2 is 1.75 bits per heavy atom. The van der Waals surface area contributed by atoms with Gasteiger partial charge >= 0.3 is 0 Å². The Morgan fingerprint density at radius 3 is 2.64 bits per heavy atom. The van der Waals surface area contributed by atoms with Crippen molar-refractivity contribution in [2.24, 2.45) is 0 Å². The summed E-state index contributed by atoms with van der Waals surface area (Å²) in [5.74, 6) is 0. The zero-order valence-corrected chi connectivity index (χ0v) is 16.5. The Labute approximate surface area is 169 Å². The highest BCUT2D eigenvalue weighted by Crippen LogP contribution is 2.55. The molecule has 0 fully saturated rings. The lowest BCUT2D eigenvalue weighted by atomic mass is 9.92. The first-order chi connectivity index (χ1) is 13.8. The van der Waals surface area contributed by atoms with Gasteiger partial charge < -0.3 is 4.90 Å². The summed E-state index contributed by atoms with van der Waals surface area (Å²) >= 11 is 1.92. The second-order valence-electron chi connectivity index (χ2n) is 7.50. The Morgan fingerprint density at radius 1 is 0.857 bits per heavy atom. The monoisotopic (exact) mass is 377 g/mol. The number of hydrogen-bond donors (Lipinski definition) is 0. The Kier molecular flexibility index (Phi) is 3.44. The normalized spacial score (nSPS) is 14.1. The van der Waals surface area contributed by atoms with E-state index in [1.54, 1.807) is 0 Å². The van der Waals surface area contributed by atoms with Crippen molar-refractivity contribution in [3.05, 3.63) is 95.6 Å². The van der Waals surface area contributed by atoms with E-state index in [0.717, 1.165) is 6.42 Å². The lowest BCUT2D eigenvalue weighted by Gasteiger charge is -2.35. The summed E-state index contributed by atoms with van der Waals surface area (Å²) < 4.78 is 0. The smallest absolute Gasteiger partial charge is 0.0610 e. The van der Waals surface area contributed by atoms with Crippen LogP contribution in [0.15, 0.2) is 88.7 Å². The molecule has 6 rings (SSSR count). The largest absolute Gasteiger partial charge is 0.308 e. The molecule has 0 amide bonds. The van der Waals surface area contributed by atoms with E-state index in [9.17, 15) is 0 Å². The number of benzene rings is 4. The van der Waals surface area contributed by atoms with Crippen molar-refractivity contribution in [3.8, 4) is 0 Å². The zero-order chi connectivity index (χ0) is 18.7. The topological polar surface area (TPSA) is 3.24 Å². The second-order valence-corrected chi connectivity index (χ2v) is 8.55.